The van der Waals surface area contributed by atoms with E-state index in [9.17, 15) is 13.5 Å². The van der Waals surface area contributed by atoms with E-state index in [0.717, 1.165) is 24.4 Å². The molecule has 1 N–H and O–H groups in total. The maximum Gasteiger partial charge on any atom is 0.151 e. The first-order valence-electron chi connectivity index (χ1n) is 11.6. The Morgan fingerprint density at radius 2 is 1.67 bits per heavy atom. The van der Waals surface area contributed by atoms with Gasteiger partial charge in [0.15, 0.2) is 9.84 Å². The molecule has 0 aliphatic carbocycles. The molecule has 1 saturated heterocycles. The molecule has 2 aromatic rings. The Morgan fingerprint density at radius 3 is 2.21 bits per heavy atom. The van der Waals surface area contributed by atoms with E-state index in [2.05, 4.69) is 47.9 Å². The molecule has 3 rings (SSSR count). The monoisotopic (exact) mass is 476 g/mol. The van der Waals surface area contributed by atoms with Crippen LogP contribution in [0.25, 0.3) is 0 Å². The average Bonchev–Trinajstić information content (AvgIpc) is 3.19. The second kappa shape index (κ2) is 11.7. The number of benzene rings is 2. The highest BCUT2D eigenvalue weighted by Gasteiger charge is 2.33. The molecule has 1 aliphatic rings. The van der Waals surface area contributed by atoms with Crippen LogP contribution in [-0.2, 0) is 16.4 Å². The zero-order chi connectivity index (χ0) is 23.8. The summed E-state index contributed by atoms with van der Waals surface area (Å²) < 4.78 is 35.1. The van der Waals surface area contributed by atoms with Gasteiger partial charge in [0, 0.05) is 37.9 Å². The maximum atomic E-state index is 12.1. The predicted molar refractivity (Wildman–Crippen MR) is 132 cm³/mol. The van der Waals surface area contributed by atoms with Crippen LogP contribution in [0.1, 0.15) is 25.8 Å². The lowest BCUT2D eigenvalue weighted by Crippen LogP contribution is -2.42. The maximum absolute atomic E-state index is 12.1. The van der Waals surface area contributed by atoms with Gasteiger partial charge in [-0.05, 0) is 62.2 Å². The second-order valence-corrected chi connectivity index (χ2v) is 10.7. The lowest BCUT2D eigenvalue weighted by molar-refractivity contribution is 0.0524. The van der Waals surface area contributed by atoms with Crippen molar-refractivity contribution >= 4 is 15.5 Å². The number of rotatable bonds is 12. The van der Waals surface area contributed by atoms with Crippen molar-refractivity contribution in [2.75, 3.05) is 49.8 Å². The normalized spacial score (nSPS) is 18.3. The SMILES string of the molecule is CCN(CC)c1ccc(CN(CC(O)COc2ccc(OC)cc2)C2CCS(=O)(=O)C2)cc1. The van der Waals surface area contributed by atoms with Crippen LogP contribution in [0.15, 0.2) is 48.5 Å². The van der Waals surface area contributed by atoms with E-state index in [4.69, 9.17) is 9.47 Å². The molecule has 1 heterocycles. The summed E-state index contributed by atoms with van der Waals surface area (Å²) in [5.41, 5.74) is 2.27. The van der Waals surface area contributed by atoms with E-state index in [-0.39, 0.29) is 24.2 Å². The third kappa shape index (κ3) is 7.35. The van der Waals surface area contributed by atoms with Crippen LogP contribution < -0.4 is 14.4 Å². The Kier molecular flexibility index (Phi) is 9.00. The highest BCUT2D eigenvalue weighted by atomic mass is 32.2. The summed E-state index contributed by atoms with van der Waals surface area (Å²) in [7, 11) is -1.42. The Labute approximate surface area is 197 Å². The van der Waals surface area contributed by atoms with Gasteiger partial charge in [-0.15, -0.1) is 0 Å². The fourth-order valence-corrected chi connectivity index (χ4v) is 5.99. The van der Waals surface area contributed by atoms with Gasteiger partial charge in [-0.2, -0.15) is 0 Å². The summed E-state index contributed by atoms with van der Waals surface area (Å²) in [6.45, 7) is 7.21. The van der Waals surface area contributed by atoms with Crippen LogP contribution in [0.4, 0.5) is 5.69 Å². The lowest BCUT2D eigenvalue weighted by Gasteiger charge is -2.30. The Balaban J connectivity index is 1.65. The number of anilines is 1. The summed E-state index contributed by atoms with van der Waals surface area (Å²) in [5, 5.41) is 10.7. The predicted octanol–water partition coefficient (Wildman–Crippen LogP) is 2.97. The van der Waals surface area contributed by atoms with Gasteiger partial charge in [0.2, 0.25) is 0 Å². The van der Waals surface area contributed by atoms with Crippen molar-refractivity contribution < 1.29 is 23.0 Å². The van der Waals surface area contributed by atoms with E-state index in [1.807, 2.05) is 0 Å². The van der Waals surface area contributed by atoms with Gasteiger partial charge < -0.3 is 19.5 Å². The summed E-state index contributed by atoms with van der Waals surface area (Å²) in [4.78, 5) is 4.37. The summed E-state index contributed by atoms with van der Waals surface area (Å²) in [6, 6.07) is 15.5. The smallest absolute Gasteiger partial charge is 0.151 e. The molecule has 2 unspecified atom stereocenters. The first-order valence-corrected chi connectivity index (χ1v) is 13.4. The minimum Gasteiger partial charge on any atom is -0.497 e. The summed E-state index contributed by atoms with van der Waals surface area (Å²) in [6.07, 6.45) is -0.156. The zero-order valence-corrected chi connectivity index (χ0v) is 20.6. The van der Waals surface area contributed by atoms with Crippen molar-refractivity contribution in [3.8, 4) is 11.5 Å². The summed E-state index contributed by atoms with van der Waals surface area (Å²) in [5.74, 6) is 1.73. The van der Waals surface area contributed by atoms with E-state index >= 15 is 0 Å². The fourth-order valence-electron chi connectivity index (χ4n) is 4.23. The lowest BCUT2D eigenvalue weighted by atomic mass is 10.1. The quantitative estimate of drug-likeness (QED) is 0.505. The third-order valence-corrected chi connectivity index (χ3v) is 7.87. The van der Waals surface area contributed by atoms with Gasteiger partial charge >= 0.3 is 0 Å². The minimum absolute atomic E-state index is 0.104. The van der Waals surface area contributed by atoms with Crippen LogP contribution in [0.2, 0.25) is 0 Å². The largest absolute Gasteiger partial charge is 0.497 e. The molecule has 0 spiro atoms. The molecule has 0 bridgehead atoms. The standard InChI is InChI=1S/C25H36N2O5S/c1-4-26(5-2)21-8-6-20(7-9-21)16-27(22-14-15-33(29,30)19-22)17-23(28)18-32-25-12-10-24(31-3)11-13-25/h6-13,22-23,28H,4-5,14-19H2,1-3H3. The number of hydrogen-bond acceptors (Lipinski definition) is 7. The van der Waals surface area contributed by atoms with Gasteiger partial charge in [0.25, 0.3) is 0 Å². The minimum atomic E-state index is -3.03. The molecule has 2 aromatic carbocycles. The first kappa shape index (κ1) is 25.3. The number of ether oxygens (including phenoxy) is 2. The molecule has 0 aromatic heterocycles. The van der Waals surface area contributed by atoms with Gasteiger partial charge in [0.05, 0.1) is 18.6 Å². The van der Waals surface area contributed by atoms with Crippen LogP contribution in [0, 0.1) is 0 Å². The highest BCUT2D eigenvalue weighted by Crippen LogP contribution is 2.23. The number of aliphatic hydroxyl groups is 1. The van der Waals surface area contributed by atoms with Gasteiger partial charge in [-0.25, -0.2) is 8.42 Å². The Bertz CT molecular complexity index is 959. The van der Waals surface area contributed by atoms with Crippen LogP contribution >= 0.6 is 0 Å². The Hall–Kier alpha value is -2.29. The van der Waals surface area contributed by atoms with Gasteiger partial charge in [0.1, 0.15) is 24.2 Å². The molecule has 182 valence electrons. The molecule has 33 heavy (non-hydrogen) atoms. The van der Waals surface area contributed by atoms with Gasteiger partial charge in [-0.3, -0.25) is 4.90 Å². The van der Waals surface area contributed by atoms with E-state index in [0.29, 0.717) is 25.3 Å². The molecule has 8 heteroatoms. The van der Waals surface area contributed by atoms with Crippen LogP contribution in [0.3, 0.4) is 0 Å². The first-order chi connectivity index (χ1) is 15.8. The molecule has 2 atom stereocenters. The van der Waals surface area contributed by atoms with E-state index in [1.54, 1.807) is 31.4 Å². The number of hydrogen-bond donors (Lipinski definition) is 1. The number of methoxy groups -OCH3 is 1. The average molecular weight is 477 g/mol. The van der Waals surface area contributed by atoms with Crippen molar-refractivity contribution in [2.45, 2.75) is 39.0 Å². The molecule has 0 amide bonds. The molecular formula is C25H36N2O5S. The van der Waals surface area contributed by atoms with E-state index in [1.165, 1.54) is 5.69 Å². The molecule has 1 fully saturated rings. The zero-order valence-electron chi connectivity index (χ0n) is 19.8. The van der Waals surface area contributed by atoms with Crippen LogP contribution in [-0.4, -0.2) is 75.4 Å². The van der Waals surface area contributed by atoms with Crippen molar-refractivity contribution in [2.24, 2.45) is 0 Å². The van der Waals surface area contributed by atoms with Crippen molar-refractivity contribution in [3.05, 3.63) is 54.1 Å². The van der Waals surface area contributed by atoms with Crippen molar-refractivity contribution in [3.63, 3.8) is 0 Å². The number of aliphatic hydroxyl groups excluding tert-OH is 1. The van der Waals surface area contributed by atoms with Crippen LogP contribution in [0.5, 0.6) is 11.5 Å². The highest BCUT2D eigenvalue weighted by molar-refractivity contribution is 7.91. The molecule has 1 aliphatic heterocycles. The van der Waals surface area contributed by atoms with Crippen molar-refractivity contribution in [1.29, 1.82) is 0 Å². The topological polar surface area (TPSA) is 79.3 Å². The number of sulfone groups is 1. The molecule has 0 saturated carbocycles. The molecule has 7 nitrogen and oxygen atoms in total. The molecular weight excluding hydrogens is 440 g/mol. The fraction of sp³-hybridized carbons (Fsp3) is 0.520. The Morgan fingerprint density at radius 1 is 1.03 bits per heavy atom. The number of nitrogens with zero attached hydrogens (tertiary/aromatic N) is 2. The van der Waals surface area contributed by atoms with Crippen molar-refractivity contribution in [1.82, 2.24) is 4.90 Å². The van der Waals surface area contributed by atoms with E-state index < -0.39 is 15.9 Å². The molecule has 0 radical (unpaired) electrons. The summed E-state index contributed by atoms with van der Waals surface area (Å²) >= 11 is 0. The second-order valence-electron chi connectivity index (χ2n) is 8.47. The third-order valence-electron chi connectivity index (χ3n) is 6.12. The van der Waals surface area contributed by atoms with Gasteiger partial charge in [-0.1, -0.05) is 12.1 Å².